The Morgan fingerprint density at radius 3 is 0.963 bits per heavy atom. The molecule has 0 radical (unpaired) electrons. The standard InChI is InChI=1S/C6F5.2C6H15P.HI.Pd/c7-2-1-3(8)5(10)6(11)4(2)9;2*1-4-7(5-2)6-3;;/h;2*4-6H2,1-3H3;1H;/q-1;;;;+2/p-1. The molecule has 0 atom stereocenters. The third-order valence-electron chi connectivity index (χ3n) is 3.67. The van der Waals surface area contributed by atoms with Crippen LogP contribution in [0.4, 0.5) is 22.0 Å². The van der Waals surface area contributed by atoms with Gasteiger partial charge in [0, 0.05) is 0 Å². The van der Waals surface area contributed by atoms with E-state index >= 15 is 0 Å². The van der Waals surface area contributed by atoms with Crippen LogP contribution in [0.5, 0.6) is 0 Å². The average molecular weight is 637 g/mol. The zero-order valence-electron chi connectivity index (χ0n) is 16.7. The van der Waals surface area contributed by atoms with Gasteiger partial charge in [-0.15, -0.1) is 21.9 Å². The summed E-state index contributed by atoms with van der Waals surface area (Å²) < 4.78 is 59.9. The van der Waals surface area contributed by atoms with Crippen LogP contribution in [-0.2, 0) is 15.6 Å². The SMILES string of the molecule is CCP(CC)CC.CCP(CC)CC.Fc1[c-]c(F)c(F)c(F)c1F.[Pd+][I]. The molecule has 9 heteroatoms. The molecule has 1 rings (SSSR count). The number of hydrogen-bond donors (Lipinski definition) is 0. The van der Waals surface area contributed by atoms with Crippen molar-refractivity contribution in [2.45, 2.75) is 41.5 Å². The molecule has 164 valence electrons. The van der Waals surface area contributed by atoms with Crippen LogP contribution in [0, 0.1) is 35.2 Å². The molecule has 0 spiro atoms. The van der Waals surface area contributed by atoms with Gasteiger partial charge in [0.25, 0.3) is 0 Å². The summed E-state index contributed by atoms with van der Waals surface area (Å²) in [7, 11) is 0.892. The van der Waals surface area contributed by atoms with Crippen LogP contribution in [0.3, 0.4) is 0 Å². The third-order valence-corrected chi connectivity index (χ3v) is 9.04. The molecule has 0 saturated heterocycles. The minimum atomic E-state index is -2.17. The fraction of sp³-hybridized carbons (Fsp3) is 0.667. The summed E-state index contributed by atoms with van der Waals surface area (Å²) in [5.74, 6) is -10.0. The number of halogens is 6. The van der Waals surface area contributed by atoms with Gasteiger partial charge in [0.1, 0.15) is 0 Å². The molecule has 0 unspecified atom stereocenters. The van der Waals surface area contributed by atoms with E-state index in [0.29, 0.717) is 15.8 Å². The van der Waals surface area contributed by atoms with E-state index in [1.165, 1.54) is 37.0 Å². The van der Waals surface area contributed by atoms with E-state index < -0.39 is 29.1 Å². The second kappa shape index (κ2) is 21.8. The van der Waals surface area contributed by atoms with E-state index in [4.69, 9.17) is 0 Å². The fourth-order valence-corrected chi connectivity index (χ4v) is 4.52. The molecule has 27 heavy (non-hydrogen) atoms. The van der Waals surface area contributed by atoms with Crippen molar-refractivity contribution in [3.05, 3.63) is 35.2 Å². The Kier molecular flexibility index (Phi) is 26.5. The molecule has 0 aliphatic rings. The average Bonchev–Trinajstić information content (AvgIpc) is 2.70. The summed E-state index contributed by atoms with van der Waals surface area (Å²) >= 11 is 4.72. The van der Waals surface area contributed by atoms with Crippen LogP contribution in [0.25, 0.3) is 0 Å². The van der Waals surface area contributed by atoms with Crippen molar-refractivity contribution in [1.29, 1.82) is 0 Å². The van der Waals surface area contributed by atoms with Crippen LogP contribution in [0.1, 0.15) is 41.5 Å². The Hall–Kier alpha value is 1.12. The molecule has 0 aliphatic heterocycles. The fourth-order valence-electron chi connectivity index (χ4n) is 1.84. The van der Waals surface area contributed by atoms with E-state index in [0.717, 1.165) is 6.07 Å². The monoisotopic (exact) mass is 636 g/mol. The predicted octanol–water partition coefficient (Wildman–Crippen LogP) is 8.12. The summed E-state index contributed by atoms with van der Waals surface area (Å²) in [6.45, 7) is 13.7. The maximum absolute atomic E-state index is 12.0. The summed E-state index contributed by atoms with van der Waals surface area (Å²) in [6, 6.07) is 1.02. The first-order chi connectivity index (χ1) is 12.7. The van der Waals surface area contributed by atoms with Crippen LogP contribution in [0.2, 0.25) is 0 Å². The Morgan fingerprint density at radius 2 is 0.815 bits per heavy atom. The maximum atomic E-state index is 12.0. The third kappa shape index (κ3) is 15.6. The van der Waals surface area contributed by atoms with Gasteiger partial charge in [-0.05, 0) is 37.0 Å². The van der Waals surface area contributed by atoms with E-state index in [1.54, 1.807) is 0 Å². The van der Waals surface area contributed by atoms with Crippen molar-refractivity contribution in [3.63, 3.8) is 0 Å². The second-order valence-electron chi connectivity index (χ2n) is 4.93. The van der Waals surface area contributed by atoms with Gasteiger partial charge in [-0.1, -0.05) is 41.5 Å². The van der Waals surface area contributed by atoms with Crippen molar-refractivity contribution in [2.75, 3.05) is 37.0 Å². The van der Waals surface area contributed by atoms with Crippen molar-refractivity contribution < 1.29 is 37.5 Å². The quantitative estimate of drug-likeness (QED) is 0.0563. The summed E-state index contributed by atoms with van der Waals surface area (Å²) in [5.41, 5.74) is 0. The Bertz CT molecular complexity index is 424. The molecule has 0 heterocycles. The molecule has 0 amide bonds. The first-order valence-electron chi connectivity index (χ1n) is 8.70. The Morgan fingerprint density at radius 1 is 0.593 bits per heavy atom. The first kappa shape index (κ1) is 32.8. The summed E-state index contributed by atoms with van der Waals surface area (Å²) in [6.07, 6.45) is 8.51. The van der Waals surface area contributed by atoms with Crippen LogP contribution in [-0.4, -0.2) is 37.0 Å². The van der Waals surface area contributed by atoms with E-state index in [2.05, 4.69) is 57.1 Å². The minimum absolute atomic E-state index is 0.446. The van der Waals surface area contributed by atoms with Gasteiger partial charge in [-0.2, -0.15) is 0 Å². The Balaban J connectivity index is -0.000000319. The first-order valence-corrected chi connectivity index (χ1v) is 17.1. The number of rotatable bonds is 6. The zero-order chi connectivity index (χ0) is 22.0. The number of hydrogen-bond acceptors (Lipinski definition) is 0. The van der Waals surface area contributed by atoms with Gasteiger partial charge >= 0.3 is 35.1 Å². The molecule has 0 saturated carbocycles. The molecule has 0 fully saturated rings. The molecule has 0 aromatic heterocycles. The van der Waals surface area contributed by atoms with Gasteiger partial charge in [0.2, 0.25) is 0 Å². The van der Waals surface area contributed by atoms with E-state index in [-0.39, 0.29) is 0 Å². The molecule has 0 nitrogen and oxygen atoms in total. The second-order valence-corrected chi connectivity index (χ2v) is 11.4. The van der Waals surface area contributed by atoms with Gasteiger partial charge in [-0.25, -0.2) is 13.2 Å². The van der Waals surface area contributed by atoms with Crippen molar-refractivity contribution in [3.8, 4) is 0 Å². The van der Waals surface area contributed by atoms with E-state index in [1.807, 2.05) is 19.5 Å². The normalized spacial score (nSPS) is 9.78. The Labute approximate surface area is 185 Å². The van der Waals surface area contributed by atoms with Crippen LogP contribution in [0.15, 0.2) is 0 Å². The zero-order valence-corrected chi connectivity index (χ0v) is 22.2. The van der Waals surface area contributed by atoms with Gasteiger partial charge in [0.05, 0.1) is 29.1 Å². The van der Waals surface area contributed by atoms with Crippen molar-refractivity contribution >= 4 is 35.4 Å². The van der Waals surface area contributed by atoms with Gasteiger partial charge < -0.3 is 0 Å². The molecule has 0 N–H and O–H groups in total. The topological polar surface area (TPSA) is 0 Å². The van der Waals surface area contributed by atoms with E-state index in [9.17, 15) is 22.0 Å². The van der Waals surface area contributed by atoms with Crippen molar-refractivity contribution in [1.82, 2.24) is 0 Å². The molecule has 0 aliphatic carbocycles. The molecule has 0 bridgehead atoms. The molecule has 1 aromatic rings. The van der Waals surface area contributed by atoms with Gasteiger partial charge in [0.15, 0.2) is 0 Å². The van der Waals surface area contributed by atoms with Gasteiger partial charge in [-0.3, -0.25) is 8.78 Å². The molecular formula is C18H30F5IP2Pd. The van der Waals surface area contributed by atoms with Crippen LogP contribution >= 0.6 is 35.4 Å². The van der Waals surface area contributed by atoms with Crippen LogP contribution < -0.4 is 0 Å². The molecule has 1 aromatic carbocycles. The predicted molar refractivity (Wildman–Crippen MR) is 116 cm³/mol. The van der Waals surface area contributed by atoms with Crippen molar-refractivity contribution in [2.24, 2.45) is 0 Å². The summed E-state index contributed by atoms with van der Waals surface area (Å²) in [4.78, 5) is 0. The molecular weight excluding hydrogens is 606 g/mol. The number of benzene rings is 1. The summed E-state index contributed by atoms with van der Waals surface area (Å²) in [5, 5.41) is 0.